The highest BCUT2D eigenvalue weighted by Gasteiger charge is 2.20. The number of aromatic hydroxyl groups is 1. The maximum atomic E-state index is 13.9. The maximum absolute atomic E-state index is 13.9. The first-order chi connectivity index (χ1) is 11.3. The van der Waals surface area contributed by atoms with Crippen LogP contribution in [-0.4, -0.2) is 23.2 Å². The average Bonchev–Trinajstić information content (AvgIpc) is 2.55. The van der Waals surface area contributed by atoms with Crippen molar-refractivity contribution in [3.8, 4) is 17.2 Å². The van der Waals surface area contributed by atoms with Gasteiger partial charge in [-0.25, -0.2) is 0 Å². The van der Waals surface area contributed by atoms with E-state index in [4.69, 9.17) is 33.7 Å². The van der Waals surface area contributed by atoms with Crippen LogP contribution >= 0.6 is 23.2 Å². The van der Waals surface area contributed by atoms with E-state index in [0.717, 1.165) is 0 Å². The van der Waals surface area contributed by atoms with Crippen LogP contribution in [0.15, 0.2) is 18.2 Å². The molecule has 24 heavy (non-hydrogen) atoms. The molecule has 0 aliphatic carbocycles. The molecule has 0 radical (unpaired) electrons. The minimum absolute atomic E-state index is 0.0500. The molecule has 0 saturated carbocycles. The molecule has 0 amide bonds. The number of aromatic nitrogens is 1. The molecule has 0 spiro atoms. The standard InChI is InChI=1S/C16H18Cl2FN3O2/c1-8(2)10-7-9(3-4-11(10)23)24-14-12(17)15(19)22-16(13(14)18)21-6-5-20/h3-4,7-8,23H,5-6,20H2,1-2H3,(H,21,22). The lowest BCUT2D eigenvalue weighted by Gasteiger charge is -2.15. The molecule has 0 unspecified atom stereocenters. The summed E-state index contributed by atoms with van der Waals surface area (Å²) in [6.07, 6.45) is 0. The molecule has 2 rings (SSSR count). The third-order valence-electron chi connectivity index (χ3n) is 3.28. The van der Waals surface area contributed by atoms with E-state index in [1.165, 1.54) is 6.07 Å². The van der Waals surface area contributed by atoms with Crippen LogP contribution in [0, 0.1) is 5.95 Å². The third kappa shape index (κ3) is 4.01. The van der Waals surface area contributed by atoms with Gasteiger partial charge in [0.15, 0.2) is 11.6 Å². The molecule has 4 N–H and O–H groups in total. The summed E-state index contributed by atoms with van der Waals surface area (Å²) in [4.78, 5) is 3.65. The van der Waals surface area contributed by atoms with Gasteiger partial charge in [0.1, 0.15) is 21.5 Å². The van der Waals surface area contributed by atoms with Crippen molar-refractivity contribution in [1.29, 1.82) is 0 Å². The summed E-state index contributed by atoms with van der Waals surface area (Å²) in [5, 5.41) is 12.4. The van der Waals surface area contributed by atoms with Crippen LogP contribution in [0.1, 0.15) is 25.3 Å². The Labute approximate surface area is 149 Å². The van der Waals surface area contributed by atoms with Crippen molar-refractivity contribution in [2.24, 2.45) is 5.73 Å². The normalized spacial score (nSPS) is 11.0. The van der Waals surface area contributed by atoms with Gasteiger partial charge in [0, 0.05) is 18.7 Å². The average molecular weight is 374 g/mol. The lowest BCUT2D eigenvalue weighted by atomic mass is 10.0. The van der Waals surface area contributed by atoms with Crippen molar-refractivity contribution in [2.45, 2.75) is 19.8 Å². The van der Waals surface area contributed by atoms with Gasteiger partial charge in [0.25, 0.3) is 0 Å². The number of phenols is 1. The lowest BCUT2D eigenvalue weighted by Crippen LogP contribution is -2.14. The Bertz CT molecular complexity index is 742. The Kier molecular flexibility index (Phi) is 6.10. The van der Waals surface area contributed by atoms with Crippen LogP contribution in [0.3, 0.4) is 0 Å². The number of anilines is 1. The van der Waals surface area contributed by atoms with Crippen LogP contribution in [0.4, 0.5) is 10.2 Å². The number of phenolic OH excluding ortho intramolecular Hbond substituents is 1. The zero-order valence-corrected chi connectivity index (χ0v) is 14.7. The minimum atomic E-state index is -0.904. The van der Waals surface area contributed by atoms with Crippen LogP contribution in [0.5, 0.6) is 17.2 Å². The molecule has 5 nitrogen and oxygen atoms in total. The first-order valence-corrected chi connectivity index (χ1v) is 8.10. The van der Waals surface area contributed by atoms with Crippen LogP contribution in [-0.2, 0) is 0 Å². The number of halogens is 3. The van der Waals surface area contributed by atoms with Crippen molar-refractivity contribution in [3.63, 3.8) is 0 Å². The number of pyridine rings is 1. The number of rotatable bonds is 6. The fourth-order valence-electron chi connectivity index (χ4n) is 2.07. The molecular formula is C16H18Cl2FN3O2. The Morgan fingerprint density at radius 1 is 1.33 bits per heavy atom. The topological polar surface area (TPSA) is 80.4 Å². The number of nitrogens with two attached hydrogens (primary N) is 1. The molecule has 0 fully saturated rings. The number of nitrogens with zero attached hydrogens (tertiary/aromatic N) is 1. The minimum Gasteiger partial charge on any atom is -0.508 e. The molecule has 8 heteroatoms. The van der Waals surface area contributed by atoms with Gasteiger partial charge in [-0.1, -0.05) is 37.0 Å². The highest BCUT2D eigenvalue weighted by Crippen LogP contribution is 2.42. The Balaban J connectivity index is 2.42. The number of benzene rings is 1. The van der Waals surface area contributed by atoms with Gasteiger partial charge >= 0.3 is 0 Å². The molecule has 0 saturated heterocycles. The maximum Gasteiger partial charge on any atom is 0.237 e. The summed E-state index contributed by atoms with van der Waals surface area (Å²) < 4.78 is 19.6. The summed E-state index contributed by atoms with van der Waals surface area (Å²) in [5.74, 6) is -0.252. The molecule has 130 valence electrons. The summed E-state index contributed by atoms with van der Waals surface area (Å²) in [6, 6.07) is 4.69. The Hall–Kier alpha value is -1.76. The zero-order chi connectivity index (χ0) is 17.9. The van der Waals surface area contributed by atoms with Crippen LogP contribution < -0.4 is 15.8 Å². The monoisotopic (exact) mass is 373 g/mol. The van der Waals surface area contributed by atoms with Crippen LogP contribution in [0.25, 0.3) is 0 Å². The van der Waals surface area contributed by atoms with E-state index >= 15 is 0 Å². The Morgan fingerprint density at radius 3 is 2.67 bits per heavy atom. The van der Waals surface area contributed by atoms with Crippen molar-refractivity contribution in [2.75, 3.05) is 18.4 Å². The van der Waals surface area contributed by atoms with E-state index in [1.807, 2.05) is 13.8 Å². The third-order valence-corrected chi connectivity index (χ3v) is 3.95. The highest BCUT2D eigenvalue weighted by atomic mass is 35.5. The fourth-order valence-corrected chi connectivity index (χ4v) is 2.53. The predicted molar refractivity (Wildman–Crippen MR) is 94.0 cm³/mol. The Morgan fingerprint density at radius 2 is 2.04 bits per heavy atom. The van der Waals surface area contributed by atoms with E-state index < -0.39 is 5.95 Å². The second-order valence-electron chi connectivity index (χ2n) is 5.40. The fraction of sp³-hybridized carbons (Fsp3) is 0.312. The van der Waals surface area contributed by atoms with Gasteiger partial charge in [-0.2, -0.15) is 9.37 Å². The number of nitrogens with one attached hydrogen (secondary N) is 1. The van der Waals surface area contributed by atoms with Gasteiger partial charge < -0.3 is 20.9 Å². The van der Waals surface area contributed by atoms with Gasteiger partial charge in [0.05, 0.1) is 0 Å². The van der Waals surface area contributed by atoms with Crippen molar-refractivity contribution in [3.05, 3.63) is 39.8 Å². The molecule has 1 heterocycles. The first kappa shape index (κ1) is 18.6. The molecule has 2 aromatic rings. The van der Waals surface area contributed by atoms with Crippen molar-refractivity contribution in [1.82, 2.24) is 4.98 Å². The lowest BCUT2D eigenvalue weighted by molar-refractivity contribution is 0.452. The summed E-state index contributed by atoms with van der Waals surface area (Å²) in [5.41, 5.74) is 6.10. The quantitative estimate of drug-likeness (QED) is 0.648. The van der Waals surface area contributed by atoms with E-state index in [2.05, 4.69) is 10.3 Å². The number of hydrogen-bond acceptors (Lipinski definition) is 5. The zero-order valence-electron chi connectivity index (χ0n) is 13.2. The molecule has 1 aromatic heterocycles. The largest absolute Gasteiger partial charge is 0.508 e. The van der Waals surface area contributed by atoms with Crippen molar-refractivity contribution >= 4 is 29.0 Å². The molecule has 0 bridgehead atoms. The van der Waals surface area contributed by atoms with Crippen molar-refractivity contribution < 1.29 is 14.2 Å². The second kappa shape index (κ2) is 7.88. The molecule has 0 aliphatic heterocycles. The van der Waals surface area contributed by atoms with E-state index in [9.17, 15) is 9.50 Å². The molecular weight excluding hydrogens is 356 g/mol. The summed E-state index contributed by atoms with van der Waals surface area (Å²) in [7, 11) is 0. The number of hydrogen-bond donors (Lipinski definition) is 3. The molecule has 0 atom stereocenters. The SMILES string of the molecule is CC(C)c1cc(Oc2c(Cl)c(F)nc(NCCN)c2Cl)ccc1O. The van der Waals surface area contributed by atoms with Gasteiger partial charge in [-0.15, -0.1) is 0 Å². The first-order valence-electron chi connectivity index (χ1n) is 7.34. The van der Waals surface area contributed by atoms with Gasteiger partial charge in [-0.3, -0.25) is 0 Å². The van der Waals surface area contributed by atoms with E-state index in [0.29, 0.717) is 24.4 Å². The summed E-state index contributed by atoms with van der Waals surface area (Å²) >= 11 is 12.2. The molecule has 1 aromatic carbocycles. The predicted octanol–water partition coefficient (Wildman–Crippen LogP) is 4.52. The highest BCUT2D eigenvalue weighted by molar-refractivity contribution is 6.38. The van der Waals surface area contributed by atoms with Gasteiger partial charge in [-0.05, 0) is 24.1 Å². The van der Waals surface area contributed by atoms with E-state index in [-0.39, 0.29) is 33.3 Å². The molecule has 0 aliphatic rings. The smallest absolute Gasteiger partial charge is 0.237 e. The van der Waals surface area contributed by atoms with Gasteiger partial charge in [0.2, 0.25) is 5.95 Å². The summed E-state index contributed by atoms with van der Waals surface area (Å²) in [6.45, 7) is 4.55. The second-order valence-corrected chi connectivity index (χ2v) is 6.16. The van der Waals surface area contributed by atoms with E-state index in [1.54, 1.807) is 12.1 Å². The van der Waals surface area contributed by atoms with Crippen LogP contribution in [0.2, 0.25) is 10.0 Å². The number of ether oxygens (including phenoxy) is 1.